The van der Waals surface area contributed by atoms with E-state index in [-0.39, 0.29) is 6.03 Å². The van der Waals surface area contributed by atoms with Gasteiger partial charge in [-0.25, -0.2) is 9.79 Å². The average Bonchev–Trinajstić information content (AvgIpc) is 3.03. The minimum atomic E-state index is -0.275. The Morgan fingerprint density at radius 2 is 1.62 bits per heavy atom. The second kappa shape index (κ2) is 6.09. The van der Waals surface area contributed by atoms with Crippen molar-refractivity contribution in [1.82, 2.24) is 0 Å². The summed E-state index contributed by atoms with van der Waals surface area (Å²) in [5.74, 6) is 0.662. The van der Waals surface area contributed by atoms with Crippen LogP contribution in [-0.4, -0.2) is 25.1 Å². The van der Waals surface area contributed by atoms with Crippen LogP contribution in [0.4, 0.5) is 16.2 Å². The normalized spacial score (nSPS) is 13.2. The van der Waals surface area contributed by atoms with Gasteiger partial charge in [-0.3, -0.25) is 0 Å². The fraction of sp³-hybridized carbons (Fsp3) is 0.125. The van der Waals surface area contributed by atoms with E-state index < -0.39 is 0 Å². The highest BCUT2D eigenvalue weighted by Crippen LogP contribution is 2.13. The van der Waals surface area contributed by atoms with Crippen molar-refractivity contribution in [2.45, 2.75) is 0 Å². The Bertz CT molecular complexity index is 651. The molecule has 0 fully saturated rings. The van der Waals surface area contributed by atoms with Crippen LogP contribution < -0.4 is 10.6 Å². The van der Waals surface area contributed by atoms with E-state index in [0.29, 0.717) is 24.7 Å². The van der Waals surface area contributed by atoms with Crippen molar-refractivity contribution >= 4 is 23.3 Å². The SMILES string of the molecule is O=C(Nc1ccccc1)Nc1ccc(C2=NCCO2)cc1. The summed E-state index contributed by atoms with van der Waals surface area (Å²) >= 11 is 0. The molecule has 0 bridgehead atoms. The van der Waals surface area contributed by atoms with E-state index in [1.54, 1.807) is 0 Å². The number of urea groups is 1. The summed E-state index contributed by atoms with van der Waals surface area (Å²) in [6.45, 7) is 1.34. The summed E-state index contributed by atoms with van der Waals surface area (Å²) in [5.41, 5.74) is 2.38. The fourth-order valence-corrected chi connectivity index (χ4v) is 2.02. The van der Waals surface area contributed by atoms with Crippen LogP contribution in [0.1, 0.15) is 5.56 Å². The molecule has 0 spiro atoms. The Morgan fingerprint density at radius 1 is 0.952 bits per heavy atom. The van der Waals surface area contributed by atoms with Gasteiger partial charge in [0.1, 0.15) is 6.61 Å². The lowest BCUT2D eigenvalue weighted by molar-refractivity contribution is 0.262. The van der Waals surface area contributed by atoms with Gasteiger partial charge < -0.3 is 15.4 Å². The molecule has 0 aliphatic carbocycles. The van der Waals surface area contributed by atoms with Gasteiger partial charge in [0, 0.05) is 16.9 Å². The van der Waals surface area contributed by atoms with Crippen LogP contribution in [-0.2, 0) is 4.74 Å². The molecule has 0 radical (unpaired) electrons. The summed E-state index contributed by atoms with van der Waals surface area (Å²) in [7, 11) is 0. The number of ether oxygens (including phenoxy) is 1. The second-order valence-electron chi connectivity index (χ2n) is 4.56. The van der Waals surface area contributed by atoms with Gasteiger partial charge in [-0.1, -0.05) is 18.2 Å². The van der Waals surface area contributed by atoms with Gasteiger partial charge in [-0.05, 0) is 36.4 Å². The van der Waals surface area contributed by atoms with Gasteiger partial charge in [0.05, 0.1) is 6.54 Å². The van der Waals surface area contributed by atoms with Crippen molar-refractivity contribution in [2.24, 2.45) is 4.99 Å². The first-order chi connectivity index (χ1) is 10.3. The Hall–Kier alpha value is -2.82. The lowest BCUT2D eigenvalue weighted by Gasteiger charge is -2.08. The summed E-state index contributed by atoms with van der Waals surface area (Å²) in [4.78, 5) is 16.1. The number of carbonyl (C=O) groups is 1. The molecule has 0 aromatic heterocycles. The fourth-order valence-electron chi connectivity index (χ4n) is 2.02. The highest BCUT2D eigenvalue weighted by atomic mass is 16.5. The molecule has 5 heteroatoms. The van der Waals surface area contributed by atoms with Gasteiger partial charge in [-0.2, -0.15) is 0 Å². The third-order valence-corrected chi connectivity index (χ3v) is 3.01. The number of aliphatic imine (C=N–C) groups is 1. The highest BCUT2D eigenvalue weighted by Gasteiger charge is 2.10. The van der Waals surface area contributed by atoms with Gasteiger partial charge in [0.25, 0.3) is 0 Å². The van der Waals surface area contributed by atoms with E-state index in [1.165, 1.54) is 0 Å². The molecule has 5 nitrogen and oxygen atoms in total. The summed E-state index contributed by atoms with van der Waals surface area (Å²) in [6.07, 6.45) is 0. The predicted octanol–water partition coefficient (Wildman–Crippen LogP) is 3.11. The van der Waals surface area contributed by atoms with Crippen LogP contribution in [0.15, 0.2) is 59.6 Å². The van der Waals surface area contributed by atoms with Crippen molar-refractivity contribution in [3.05, 3.63) is 60.2 Å². The molecule has 1 aliphatic rings. The van der Waals surface area contributed by atoms with Crippen LogP contribution in [0.3, 0.4) is 0 Å². The summed E-state index contributed by atoms with van der Waals surface area (Å²) < 4.78 is 5.39. The van der Waals surface area contributed by atoms with Crippen molar-refractivity contribution in [1.29, 1.82) is 0 Å². The third-order valence-electron chi connectivity index (χ3n) is 3.01. The topological polar surface area (TPSA) is 62.7 Å². The zero-order chi connectivity index (χ0) is 14.5. The van der Waals surface area contributed by atoms with E-state index in [1.807, 2.05) is 54.6 Å². The standard InChI is InChI=1S/C16H15N3O2/c20-16(18-13-4-2-1-3-5-13)19-14-8-6-12(7-9-14)15-17-10-11-21-15/h1-9H,10-11H2,(H2,18,19,20). The summed E-state index contributed by atoms with van der Waals surface area (Å²) in [6, 6.07) is 16.4. The second-order valence-corrected chi connectivity index (χ2v) is 4.56. The number of hydrogen-bond acceptors (Lipinski definition) is 3. The molecule has 0 saturated heterocycles. The minimum absolute atomic E-state index is 0.275. The van der Waals surface area contributed by atoms with E-state index in [9.17, 15) is 4.79 Å². The molecule has 1 heterocycles. The molecule has 21 heavy (non-hydrogen) atoms. The van der Waals surface area contributed by atoms with E-state index in [2.05, 4.69) is 15.6 Å². The molecule has 106 valence electrons. The van der Waals surface area contributed by atoms with E-state index in [4.69, 9.17) is 4.74 Å². The molecule has 0 atom stereocenters. The van der Waals surface area contributed by atoms with Crippen molar-refractivity contribution in [3.8, 4) is 0 Å². The first-order valence-corrected chi connectivity index (χ1v) is 6.72. The molecule has 2 N–H and O–H groups in total. The van der Waals surface area contributed by atoms with Gasteiger partial charge in [-0.15, -0.1) is 0 Å². The molecule has 3 rings (SSSR count). The number of hydrogen-bond donors (Lipinski definition) is 2. The average molecular weight is 281 g/mol. The maximum absolute atomic E-state index is 11.9. The maximum atomic E-state index is 11.9. The predicted molar refractivity (Wildman–Crippen MR) is 82.9 cm³/mol. The Morgan fingerprint density at radius 3 is 2.24 bits per heavy atom. The molecule has 0 saturated carbocycles. The molecule has 0 unspecified atom stereocenters. The first kappa shape index (κ1) is 13.2. The van der Waals surface area contributed by atoms with Crippen molar-refractivity contribution in [3.63, 3.8) is 0 Å². The smallest absolute Gasteiger partial charge is 0.323 e. The van der Waals surface area contributed by atoms with Crippen LogP contribution >= 0.6 is 0 Å². The molecular weight excluding hydrogens is 266 g/mol. The van der Waals surface area contributed by atoms with Crippen molar-refractivity contribution < 1.29 is 9.53 Å². The van der Waals surface area contributed by atoms with Crippen LogP contribution in [0, 0.1) is 0 Å². The van der Waals surface area contributed by atoms with Crippen LogP contribution in [0.5, 0.6) is 0 Å². The Labute approximate surface area is 122 Å². The van der Waals surface area contributed by atoms with Gasteiger partial charge >= 0.3 is 6.03 Å². The quantitative estimate of drug-likeness (QED) is 0.908. The van der Waals surface area contributed by atoms with Gasteiger partial charge in [0.15, 0.2) is 0 Å². The Kier molecular flexibility index (Phi) is 3.82. The Balaban J connectivity index is 1.61. The number of benzene rings is 2. The van der Waals surface area contributed by atoms with Crippen molar-refractivity contribution in [2.75, 3.05) is 23.8 Å². The number of nitrogens with one attached hydrogen (secondary N) is 2. The number of nitrogens with zero attached hydrogens (tertiary/aromatic N) is 1. The number of carbonyl (C=O) groups excluding carboxylic acids is 1. The maximum Gasteiger partial charge on any atom is 0.323 e. The summed E-state index contributed by atoms with van der Waals surface area (Å²) in [5, 5.41) is 5.54. The number of amides is 2. The van der Waals surface area contributed by atoms with Crippen LogP contribution in [0.25, 0.3) is 0 Å². The highest BCUT2D eigenvalue weighted by molar-refractivity contribution is 6.00. The zero-order valence-electron chi connectivity index (χ0n) is 11.4. The molecular formula is C16H15N3O2. The number of rotatable bonds is 3. The molecule has 2 aromatic carbocycles. The number of para-hydroxylation sites is 1. The lowest BCUT2D eigenvalue weighted by atomic mass is 10.2. The third kappa shape index (κ3) is 3.39. The number of anilines is 2. The largest absolute Gasteiger partial charge is 0.476 e. The van der Waals surface area contributed by atoms with E-state index >= 15 is 0 Å². The minimum Gasteiger partial charge on any atom is -0.476 e. The van der Waals surface area contributed by atoms with Crippen LogP contribution in [0.2, 0.25) is 0 Å². The molecule has 1 aliphatic heterocycles. The first-order valence-electron chi connectivity index (χ1n) is 6.72. The lowest BCUT2D eigenvalue weighted by Crippen LogP contribution is -2.19. The van der Waals surface area contributed by atoms with E-state index in [0.717, 1.165) is 11.3 Å². The monoisotopic (exact) mass is 281 g/mol. The molecule has 2 amide bonds. The molecule has 2 aromatic rings. The van der Waals surface area contributed by atoms with Gasteiger partial charge in [0.2, 0.25) is 5.90 Å². The zero-order valence-corrected chi connectivity index (χ0v) is 11.4.